The van der Waals surface area contributed by atoms with Crippen molar-refractivity contribution in [3.05, 3.63) is 39.3 Å². The van der Waals surface area contributed by atoms with Crippen LogP contribution in [0.5, 0.6) is 0 Å². The maximum Gasteiger partial charge on any atom is 0.397 e. The zero-order chi connectivity index (χ0) is 30.1. The third-order valence-corrected chi connectivity index (χ3v) is 9.24. The first kappa shape index (κ1) is 30.1. The standard InChI is InChI=1S/C25H23Cl2F5N4O4S/c1-22(2,39)21-35-34-18(40-21)19-33-15(20(38)36-9-7-24(28,29)8-10-36)16(41-19)11-3-4-12(14(27)13(11)26)17(37)23(5-6-23)25(30,31)32/h3-4,17,37,39H,5-10H2,1-2H3. The number of aliphatic hydroxyl groups is 2. The molecule has 222 valence electrons. The van der Waals surface area contributed by atoms with Gasteiger partial charge in [0.1, 0.15) is 11.3 Å². The molecule has 2 fully saturated rings. The summed E-state index contributed by atoms with van der Waals surface area (Å²) < 4.78 is 74.0. The number of carbonyl (C=O) groups excluding carboxylic acids is 1. The predicted octanol–water partition coefficient (Wildman–Crippen LogP) is 6.64. The van der Waals surface area contributed by atoms with E-state index in [1.807, 2.05) is 0 Å². The highest BCUT2D eigenvalue weighted by Crippen LogP contribution is 2.65. The third-order valence-electron chi connectivity index (χ3n) is 7.27. The largest absolute Gasteiger partial charge is 0.415 e. The highest BCUT2D eigenvalue weighted by Gasteiger charge is 2.67. The smallest absolute Gasteiger partial charge is 0.397 e. The molecule has 1 aliphatic heterocycles. The van der Waals surface area contributed by atoms with Crippen LogP contribution in [0.1, 0.15) is 67.6 Å². The molecule has 0 spiro atoms. The van der Waals surface area contributed by atoms with Crippen molar-refractivity contribution < 1.29 is 41.4 Å². The molecule has 2 aliphatic rings. The Morgan fingerprint density at radius 2 is 1.73 bits per heavy atom. The average Bonchev–Trinajstić information content (AvgIpc) is 3.35. The summed E-state index contributed by atoms with van der Waals surface area (Å²) in [5.41, 5.74) is -4.11. The van der Waals surface area contributed by atoms with Crippen LogP contribution in [0.4, 0.5) is 22.0 Å². The van der Waals surface area contributed by atoms with Crippen LogP contribution in [0.25, 0.3) is 21.3 Å². The molecular formula is C25H23Cl2F5N4O4S. The Labute approximate surface area is 244 Å². The number of nitrogens with zero attached hydrogens (tertiary/aromatic N) is 4. The van der Waals surface area contributed by atoms with Gasteiger partial charge in [0.2, 0.25) is 5.89 Å². The van der Waals surface area contributed by atoms with E-state index in [9.17, 15) is 37.0 Å². The van der Waals surface area contributed by atoms with Crippen LogP contribution in [0.3, 0.4) is 0 Å². The lowest BCUT2D eigenvalue weighted by molar-refractivity contribution is -0.215. The van der Waals surface area contributed by atoms with Gasteiger partial charge in [-0.2, -0.15) is 13.2 Å². The van der Waals surface area contributed by atoms with Crippen molar-refractivity contribution in [1.29, 1.82) is 0 Å². The number of likely N-dealkylation sites (tertiary alicyclic amines) is 1. The van der Waals surface area contributed by atoms with Crippen LogP contribution in [-0.2, 0) is 5.60 Å². The van der Waals surface area contributed by atoms with Gasteiger partial charge in [-0.15, -0.1) is 21.5 Å². The Balaban J connectivity index is 1.58. The molecule has 41 heavy (non-hydrogen) atoms. The van der Waals surface area contributed by atoms with Gasteiger partial charge >= 0.3 is 6.18 Å². The number of alkyl halides is 5. The monoisotopic (exact) mass is 640 g/mol. The van der Waals surface area contributed by atoms with Gasteiger partial charge in [-0.25, -0.2) is 13.8 Å². The van der Waals surface area contributed by atoms with Gasteiger partial charge in [-0.3, -0.25) is 4.79 Å². The van der Waals surface area contributed by atoms with Crippen molar-refractivity contribution in [1.82, 2.24) is 20.1 Å². The summed E-state index contributed by atoms with van der Waals surface area (Å²) in [7, 11) is 0. The Hall–Kier alpha value is -2.39. The van der Waals surface area contributed by atoms with E-state index < -0.39 is 48.0 Å². The van der Waals surface area contributed by atoms with E-state index in [0.29, 0.717) is 0 Å². The quantitative estimate of drug-likeness (QED) is 0.290. The van der Waals surface area contributed by atoms with Crippen molar-refractivity contribution in [3.63, 3.8) is 0 Å². The number of hydrogen-bond acceptors (Lipinski definition) is 8. The van der Waals surface area contributed by atoms with Gasteiger partial charge in [0.15, 0.2) is 5.01 Å². The van der Waals surface area contributed by atoms with E-state index in [1.165, 1.54) is 30.9 Å². The second-order valence-electron chi connectivity index (χ2n) is 10.7. The molecule has 1 saturated carbocycles. The number of hydrogen-bond donors (Lipinski definition) is 2. The first-order chi connectivity index (χ1) is 18.9. The fraction of sp³-hybridized carbons (Fsp3) is 0.520. The van der Waals surface area contributed by atoms with E-state index in [-0.39, 0.29) is 74.5 Å². The maximum absolute atomic E-state index is 13.8. The van der Waals surface area contributed by atoms with Crippen molar-refractivity contribution >= 4 is 40.4 Å². The van der Waals surface area contributed by atoms with E-state index in [0.717, 1.165) is 11.3 Å². The van der Waals surface area contributed by atoms with Gasteiger partial charge in [0.25, 0.3) is 17.7 Å². The normalized spacial score (nSPS) is 19.3. The first-order valence-corrected chi connectivity index (χ1v) is 14.0. The fourth-order valence-corrected chi connectivity index (χ4v) is 6.18. The molecule has 1 amide bonds. The number of benzene rings is 1. The lowest BCUT2D eigenvalue weighted by atomic mass is 9.91. The Morgan fingerprint density at radius 3 is 2.27 bits per heavy atom. The van der Waals surface area contributed by atoms with Gasteiger partial charge < -0.3 is 19.5 Å². The number of carbonyl (C=O) groups is 1. The molecule has 1 aromatic carbocycles. The number of amides is 1. The predicted molar refractivity (Wildman–Crippen MR) is 139 cm³/mol. The summed E-state index contributed by atoms with van der Waals surface area (Å²) in [6.45, 7) is 2.36. The van der Waals surface area contributed by atoms with Crippen molar-refractivity contribution in [2.75, 3.05) is 13.1 Å². The van der Waals surface area contributed by atoms with Crippen LogP contribution < -0.4 is 0 Å². The minimum atomic E-state index is -4.66. The van der Waals surface area contributed by atoms with Crippen molar-refractivity contribution in [2.45, 2.75) is 63.3 Å². The highest BCUT2D eigenvalue weighted by atomic mass is 35.5. The molecule has 8 nitrogen and oxygen atoms in total. The fourth-order valence-electron chi connectivity index (χ4n) is 4.58. The van der Waals surface area contributed by atoms with Gasteiger partial charge in [0, 0.05) is 37.1 Å². The van der Waals surface area contributed by atoms with E-state index in [1.54, 1.807) is 0 Å². The van der Waals surface area contributed by atoms with Crippen LogP contribution in [0, 0.1) is 5.41 Å². The van der Waals surface area contributed by atoms with Crippen LogP contribution in [0.2, 0.25) is 10.0 Å². The molecule has 1 aliphatic carbocycles. The summed E-state index contributed by atoms with van der Waals surface area (Å²) in [6, 6.07) is 2.52. The Bertz CT molecular complexity index is 1490. The molecule has 2 N–H and O–H groups in total. The van der Waals surface area contributed by atoms with Gasteiger partial charge in [0.05, 0.1) is 26.4 Å². The molecule has 2 aromatic heterocycles. The molecule has 16 heteroatoms. The summed E-state index contributed by atoms with van der Waals surface area (Å²) in [4.78, 5) is 19.2. The second-order valence-corrected chi connectivity index (χ2v) is 12.5. The number of piperidine rings is 1. The Morgan fingerprint density at radius 1 is 1.10 bits per heavy atom. The summed E-state index contributed by atoms with van der Waals surface area (Å²) in [6.07, 6.45) is -8.24. The molecule has 0 bridgehead atoms. The minimum absolute atomic E-state index is 0.0407. The molecule has 1 saturated heterocycles. The van der Waals surface area contributed by atoms with E-state index in [2.05, 4.69) is 15.2 Å². The average molecular weight is 641 g/mol. The zero-order valence-corrected chi connectivity index (χ0v) is 23.9. The highest BCUT2D eigenvalue weighted by molar-refractivity contribution is 7.18. The van der Waals surface area contributed by atoms with Crippen LogP contribution in [-0.4, -0.2) is 61.4 Å². The van der Waals surface area contributed by atoms with Gasteiger partial charge in [-0.1, -0.05) is 35.3 Å². The third kappa shape index (κ3) is 5.44. The Kier molecular flexibility index (Phi) is 7.42. The number of rotatable bonds is 6. The van der Waals surface area contributed by atoms with Gasteiger partial charge in [-0.05, 0) is 26.7 Å². The number of halogens is 7. The molecular weight excluding hydrogens is 618 g/mol. The van der Waals surface area contributed by atoms with Crippen molar-refractivity contribution in [3.8, 4) is 21.3 Å². The molecule has 1 atom stereocenters. The maximum atomic E-state index is 13.8. The first-order valence-electron chi connectivity index (χ1n) is 12.4. The SMILES string of the molecule is CC(C)(O)c1nnc(-c2nc(C(=O)N3CCC(F)(F)CC3)c(-c3ccc(C(O)C4(C(F)(F)F)CC4)c(Cl)c3Cl)s2)o1. The molecule has 3 heterocycles. The summed E-state index contributed by atoms with van der Waals surface area (Å²) >= 11 is 13.8. The minimum Gasteiger partial charge on any atom is -0.415 e. The zero-order valence-electron chi connectivity index (χ0n) is 21.5. The molecule has 5 rings (SSSR count). The van der Waals surface area contributed by atoms with Crippen LogP contribution in [0.15, 0.2) is 16.5 Å². The lowest BCUT2D eigenvalue weighted by Crippen LogP contribution is -2.43. The number of aromatic nitrogens is 3. The lowest BCUT2D eigenvalue weighted by Gasteiger charge is -2.31. The number of aliphatic hydroxyl groups excluding tert-OH is 1. The van der Waals surface area contributed by atoms with Crippen LogP contribution >= 0.6 is 34.5 Å². The van der Waals surface area contributed by atoms with Crippen molar-refractivity contribution in [2.24, 2.45) is 5.41 Å². The number of thiazole rings is 1. The molecule has 1 unspecified atom stereocenters. The van der Waals surface area contributed by atoms with E-state index >= 15 is 0 Å². The summed E-state index contributed by atoms with van der Waals surface area (Å²) in [5.74, 6) is -3.88. The van der Waals surface area contributed by atoms with E-state index in [4.69, 9.17) is 27.6 Å². The topological polar surface area (TPSA) is 113 Å². The molecule has 0 radical (unpaired) electrons. The summed E-state index contributed by atoms with van der Waals surface area (Å²) in [5, 5.41) is 28.0. The second kappa shape index (κ2) is 10.1. The molecule has 3 aromatic rings.